The number of amides is 1. The summed E-state index contributed by atoms with van der Waals surface area (Å²) in [7, 11) is 0. The third kappa shape index (κ3) is 5.78. The molecule has 1 N–H and O–H groups in total. The van der Waals surface area contributed by atoms with Gasteiger partial charge >= 0.3 is 0 Å². The number of likely N-dealkylation sites (tertiary alicyclic amines) is 1. The number of hydrogen-bond donors (Lipinski definition) is 1. The summed E-state index contributed by atoms with van der Waals surface area (Å²) in [6.07, 6.45) is 3.25. The highest BCUT2D eigenvalue weighted by molar-refractivity contribution is 6.30. The minimum Gasteiger partial charge on any atom is -0.352 e. The fraction of sp³-hybridized carbons (Fsp3) is 0.611. The second-order valence-corrected chi connectivity index (χ2v) is 7.23. The Kier molecular flexibility index (Phi) is 6.85. The number of hydrogen-bond acceptors (Lipinski definition) is 2. The van der Waals surface area contributed by atoms with Gasteiger partial charge in [-0.15, -0.1) is 0 Å². The van der Waals surface area contributed by atoms with E-state index in [0.29, 0.717) is 11.6 Å². The molecule has 1 aliphatic rings. The lowest BCUT2D eigenvalue weighted by Gasteiger charge is -2.34. The molecular weight excluding hydrogens is 315 g/mol. The normalized spacial score (nSPS) is 22.1. The first-order chi connectivity index (χ1) is 11.0. The van der Waals surface area contributed by atoms with Gasteiger partial charge in [-0.3, -0.25) is 4.79 Å². The Morgan fingerprint density at radius 1 is 1.30 bits per heavy atom. The van der Waals surface area contributed by atoms with Crippen molar-refractivity contribution >= 4 is 17.5 Å². The van der Waals surface area contributed by atoms with Crippen molar-refractivity contribution < 1.29 is 9.18 Å². The molecular formula is C18H26ClFN2O. The first-order valence-corrected chi connectivity index (χ1v) is 8.79. The summed E-state index contributed by atoms with van der Waals surface area (Å²) in [5, 5.41) is 3.13. The summed E-state index contributed by atoms with van der Waals surface area (Å²) < 4.78 is 13.6. The van der Waals surface area contributed by atoms with E-state index in [4.69, 9.17) is 11.6 Å². The van der Waals surface area contributed by atoms with E-state index in [1.54, 1.807) is 0 Å². The Morgan fingerprint density at radius 3 is 2.70 bits per heavy atom. The van der Waals surface area contributed by atoms with Crippen LogP contribution in [-0.4, -0.2) is 37.0 Å². The van der Waals surface area contributed by atoms with Crippen LogP contribution in [0.15, 0.2) is 18.2 Å². The van der Waals surface area contributed by atoms with Crippen LogP contribution in [0.5, 0.6) is 0 Å². The average Bonchev–Trinajstić information content (AvgIpc) is 2.48. The summed E-state index contributed by atoms with van der Waals surface area (Å²) in [5.74, 6) is 0.599. The van der Waals surface area contributed by atoms with Crippen LogP contribution in [0.3, 0.4) is 0 Å². The van der Waals surface area contributed by atoms with Gasteiger partial charge in [0.15, 0.2) is 0 Å². The predicted octanol–water partition coefficient (Wildman–Crippen LogP) is 3.97. The van der Waals surface area contributed by atoms with E-state index in [-0.39, 0.29) is 5.56 Å². The van der Waals surface area contributed by atoms with Gasteiger partial charge in [-0.25, -0.2) is 4.39 Å². The largest absolute Gasteiger partial charge is 0.352 e. The van der Waals surface area contributed by atoms with Gasteiger partial charge in [0, 0.05) is 24.7 Å². The summed E-state index contributed by atoms with van der Waals surface area (Å²) in [4.78, 5) is 14.5. The maximum absolute atomic E-state index is 13.6. The van der Waals surface area contributed by atoms with Gasteiger partial charge in [0.25, 0.3) is 5.91 Å². The number of nitrogens with zero attached hydrogens (tertiary/aromatic N) is 1. The van der Waals surface area contributed by atoms with Crippen molar-refractivity contribution in [2.24, 2.45) is 11.8 Å². The molecule has 0 aliphatic carbocycles. The van der Waals surface area contributed by atoms with Gasteiger partial charge in [-0.2, -0.15) is 0 Å². The first-order valence-electron chi connectivity index (χ1n) is 8.41. The van der Waals surface area contributed by atoms with Crippen molar-refractivity contribution in [1.82, 2.24) is 10.2 Å². The lowest BCUT2D eigenvalue weighted by molar-refractivity contribution is 0.0947. The molecule has 0 radical (unpaired) electrons. The highest BCUT2D eigenvalue weighted by atomic mass is 35.5. The fourth-order valence-electron chi connectivity index (χ4n) is 3.40. The van der Waals surface area contributed by atoms with Crippen LogP contribution in [0, 0.1) is 17.7 Å². The molecule has 2 atom stereocenters. The van der Waals surface area contributed by atoms with Crippen LogP contribution in [-0.2, 0) is 0 Å². The van der Waals surface area contributed by atoms with Crippen molar-refractivity contribution in [1.29, 1.82) is 0 Å². The predicted molar refractivity (Wildman–Crippen MR) is 92.4 cm³/mol. The van der Waals surface area contributed by atoms with Gasteiger partial charge in [-0.05, 0) is 55.8 Å². The molecule has 1 heterocycles. The zero-order valence-corrected chi connectivity index (χ0v) is 14.7. The maximum Gasteiger partial charge on any atom is 0.254 e. The van der Waals surface area contributed by atoms with Crippen LogP contribution in [0.2, 0.25) is 5.02 Å². The molecule has 1 aromatic carbocycles. The van der Waals surface area contributed by atoms with Crippen molar-refractivity contribution in [3.63, 3.8) is 0 Å². The van der Waals surface area contributed by atoms with Crippen molar-refractivity contribution in [2.45, 2.75) is 33.1 Å². The average molecular weight is 341 g/mol. The van der Waals surface area contributed by atoms with Gasteiger partial charge in [-0.1, -0.05) is 25.4 Å². The smallest absolute Gasteiger partial charge is 0.254 e. The maximum atomic E-state index is 13.6. The number of piperidine rings is 1. The Morgan fingerprint density at radius 2 is 2.00 bits per heavy atom. The highest BCUT2D eigenvalue weighted by Crippen LogP contribution is 2.21. The Hall–Kier alpha value is -1.13. The van der Waals surface area contributed by atoms with E-state index in [1.807, 2.05) is 0 Å². The van der Waals surface area contributed by atoms with E-state index < -0.39 is 11.7 Å². The molecule has 0 bridgehead atoms. The second kappa shape index (κ2) is 8.65. The number of carbonyl (C=O) groups excluding carboxylic acids is 1. The fourth-order valence-corrected chi connectivity index (χ4v) is 3.58. The molecule has 1 aliphatic heterocycles. The number of nitrogens with one attached hydrogen (secondary N) is 1. The van der Waals surface area contributed by atoms with Crippen LogP contribution in [0.25, 0.3) is 0 Å². The molecule has 0 unspecified atom stereocenters. The van der Waals surface area contributed by atoms with E-state index in [1.165, 1.54) is 37.7 Å². The van der Waals surface area contributed by atoms with Gasteiger partial charge in [0.05, 0.1) is 5.56 Å². The third-order valence-electron chi connectivity index (χ3n) is 4.30. The van der Waals surface area contributed by atoms with Gasteiger partial charge in [0.1, 0.15) is 5.82 Å². The molecule has 1 saturated heterocycles. The number of rotatable bonds is 6. The molecule has 1 aromatic rings. The van der Waals surface area contributed by atoms with E-state index >= 15 is 0 Å². The topological polar surface area (TPSA) is 32.3 Å². The number of benzene rings is 1. The monoisotopic (exact) mass is 340 g/mol. The van der Waals surface area contributed by atoms with Crippen LogP contribution in [0.4, 0.5) is 4.39 Å². The molecule has 1 fully saturated rings. The molecule has 2 rings (SSSR count). The minimum atomic E-state index is -0.539. The molecule has 128 valence electrons. The number of carbonyl (C=O) groups is 1. The van der Waals surface area contributed by atoms with Crippen LogP contribution < -0.4 is 5.32 Å². The summed E-state index contributed by atoms with van der Waals surface area (Å²) >= 11 is 5.80. The SMILES string of the molecule is C[C@@H]1C[C@H](C)CN(CCCCNC(=O)c2cc(Cl)ccc2F)C1. The zero-order chi connectivity index (χ0) is 16.8. The Labute approximate surface area is 143 Å². The van der Waals surface area contributed by atoms with E-state index in [0.717, 1.165) is 31.2 Å². The Bertz CT molecular complexity index is 528. The first kappa shape index (κ1) is 18.2. The minimum absolute atomic E-state index is 0.0104. The summed E-state index contributed by atoms with van der Waals surface area (Å²) in [5.41, 5.74) is 0.0104. The van der Waals surface area contributed by atoms with Crippen LogP contribution in [0.1, 0.15) is 43.5 Å². The van der Waals surface area contributed by atoms with E-state index in [2.05, 4.69) is 24.1 Å². The van der Waals surface area contributed by atoms with Crippen molar-refractivity contribution in [3.8, 4) is 0 Å². The zero-order valence-electron chi connectivity index (χ0n) is 13.9. The highest BCUT2D eigenvalue weighted by Gasteiger charge is 2.21. The quantitative estimate of drug-likeness (QED) is 0.795. The van der Waals surface area contributed by atoms with Crippen LogP contribution >= 0.6 is 11.6 Å². The molecule has 0 spiro atoms. The third-order valence-corrected chi connectivity index (χ3v) is 4.54. The molecule has 5 heteroatoms. The molecule has 23 heavy (non-hydrogen) atoms. The van der Waals surface area contributed by atoms with E-state index in [9.17, 15) is 9.18 Å². The summed E-state index contributed by atoms with van der Waals surface area (Å²) in [6.45, 7) is 8.58. The Balaban J connectivity index is 1.67. The van der Waals surface area contributed by atoms with Gasteiger partial charge in [0.2, 0.25) is 0 Å². The standard InChI is InChI=1S/C18H26ClFN2O/c1-13-9-14(2)12-22(11-13)8-4-3-7-21-18(23)16-10-15(19)5-6-17(16)20/h5-6,10,13-14H,3-4,7-9,11-12H2,1-2H3,(H,21,23)/t13-,14+. The number of unbranched alkanes of at least 4 members (excludes halogenated alkanes) is 1. The second-order valence-electron chi connectivity index (χ2n) is 6.79. The molecule has 3 nitrogen and oxygen atoms in total. The molecule has 0 saturated carbocycles. The van der Waals surface area contributed by atoms with Crippen molar-refractivity contribution in [3.05, 3.63) is 34.6 Å². The van der Waals surface area contributed by atoms with Crippen molar-refractivity contribution in [2.75, 3.05) is 26.2 Å². The number of halogens is 2. The lowest BCUT2D eigenvalue weighted by atomic mass is 9.92. The summed E-state index contributed by atoms with van der Waals surface area (Å²) in [6, 6.07) is 4.02. The molecule has 0 aromatic heterocycles. The molecule has 1 amide bonds. The lowest BCUT2D eigenvalue weighted by Crippen LogP contribution is -2.39. The van der Waals surface area contributed by atoms with Gasteiger partial charge < -0.3 is 10.2 Å².